The quantitative estimate of drug-likeness (QED) is 0.508. The summed E-state index contributed by atoms with van der Waals surface area (Å²) in [6, 6.07) is 10.8. The molecule has 0 aliphatic rings. The highest BCUT2D eigenvalue weighted by Gasteiger charge is 2.34. The zero-order valence-corrected chi connectivity index (χ0v) is 14.8. The Hall–Kier alpha value is -3.26. The van der Waals surface area contributed by atoms with Crippen molar-refractivity contribution < 1.29 is 13.2 Å². The minimum Gasteiger partial charge on any atom is -0.335 e. The fourth-order valence-corrected chi connectivity index (χ4v) is 2.71. The normalized spacial score (nSPS) is 11.6. The summed E-state index contributed by atoms with van der Waals surface area (Å²) in [6.45, 7) is 0. The van der Waals surface area contributed by atoms with Gasteiger partial charge in [-0.3, -0.25) is 4.98 Å². The Morgan fingerprint density at radius 2 is 1.61 bits per heavy atom. The number of nitrogens with zero attached hydrogens (tertiary/aromatic N) is 4. The molecule has 3 heterocycles. The van der Waals surface area contributed by atoms with E-state index in [1.54, 1.807) is 48.8 Å². The molecule has 0 spiro atoms. The van der Waals surface area contributed by atoms with Crippen LogP contribution in [0.2, 0.25) is 5.02 Å². The van der Waals surface area contributed by atoms with Gasteiger partial charge in [-0.2, -0.15) is 13.2 Å². The molecule has 3 aromatic heterocycles. The Bertz CT molecular complexity index is 1110. The molecule has 28 heavy (non-hydrogen) atoms. The van der Waals surface area contributed by atoms with E-state index < -0.39 is 11.9 Å². The second-order valence-corrected chi connectivity index (χ2v) is 6.28. The third-order valence-corrected chi connectivity index (χ3v) is 4.19. The zero-order valence-electron chi connectivity index (χ0n) is 14.1. The SMILES string of the molecule is FC(F)(F)c1cc(-c2ccc(Cl)cc2)nc(-c2ncc(-c3ccncc3)[nH]2)n1. The first-order valence-electron chi connectivity index (χ1n) is 8.08. The summed E-state index contributed by atoms with van der Waals surface area (Å²) in [7, 11) is 0. The minimum atomic E-state index is -4.63. The Labute approximate surface area is 162 Å². The molecule has 0 saturated heterocycles. The molecular weight excluding hydrogens is 391 g/mol. The van der Waals surface area contributed by atoms with Crippen LogP contribution in [-0.4, -0.2) is 24.9 Å². The summed E-state index contributed by atoms with van der Waals surface area (Å²) in [5.74, 6) is -0.0202. The third-order valence-electron chi connectivity index (χ3n) is 3.94. The van der Waals surface area contributed by atoms with Crippen LogP contribution in [0.3, 0.4) is 0 Å². The molecule has 0 aliphatic heterocycles. The van der Waals surface area contributed by atoms with E-state index in [1.807, 2.05) is 0 Å². The number of nitrogens with one attached hydrogen (secondary N) is 1. The maximum Gasteiger partial charge on any atom is 0.433 e. The van der Waals surface area contributed by atoms with Crippen LogP contribution < -0.4 is 0 Å². The number of H-pyrrole nitrogens is 1. The molecule has 9 heteroatoms. The van der Waals surface area contributed by atoms with Gasteiger partial charge in [-0.05, 0) is 30.3 Å². The second-order valence-electron chi connectivity index (χ2n) is 5.85. The third kappa shape index (κ3) is 3.72. The van der Waals surface area contributed by atoms with E-state index in [1.165, 1.54) is 6.20 Å². The predicted molar refractivity (Wildman–Crippen MR) is 98.3 cm³/mol. The number of aromatic nitrogens is 5. The van der Waals surface area contributed by atoms with Crippen molar-refractivity contribution in [2.45, 2.75) is 6.18 Å². The lowest BCUT2D eigenvalue weighted by Gasteiger charge is -2.10. The van der Waals surface area contributed by atoms with Crippen LogP contribution >= 0.6 is 11.6 Å². The molecule has 0 fully saturated rings. The molecule has 4 aromatic rings. The van der Waals surface area contributed by atoms with Crippen LogP contribution in [0.5, 0.6) is 0 Å². The maximum atomic E-state index is 13.4. The number of hydrogen-bond acceptors (Lipinski definition) is 4. The summed E-state index contributed by atoms with van der Waals surface area (Å²) in [6.07, 6.45) is 0.0974. The van der Waals surface area contributed by atoms with E-state index in [4.69, 9.17) is 11.6 Å². The van der Waals surface area contributed by atoms with Gasteiger partial charge in [0.05, 0.1) is 17.6 Å². The second kappa shape index (κ2) is 7.05. The first-order chi connectivity index (χ1) is 13.4. The van der Waals surface area contributed by atoms with E-state index >= 15 is 0 Å². The van der Waals surface area contributed by atoms with Gasteiger partial charge >= 0.3 is 6.18 Å². The molecule has 1 N–H and O–H groups in total. The number of benzene rings is 1. The lowest BCUT2D eigenvalue weighted by molar-refractivity contribution is -0.141. The average molecular weight is 402 g/mol. The Balaban J connectivity index is 1.81. The molecule has 0 unspecified atom stereocenters. The number of alkyl halides is 3. The Morgan fingerprint density at radius 3 is 2.29 bits per heavy atom. The Morgan fingerprint density at radius 1 is 0.893 bits per heavy atom. The van der Waals surface area contributed by atoms with E-state index in [0.29, 0.717) is 16.3 Å². The van der Waals surface area contributed by atoms with Crippen LogP contribution in [0.1, 0.15) is 5.69 Å². The van der Waals surface area contributed by atoms with Gasteiger partial charge in [0.2, 0.25) is 0 Å². The predicted octanol–water partition coefficient (Wildman–Crippen LogP) is 5.27. The van der Waals surface area contributed by atoms with Crippen LogP contribution in [-0.2, 0) is 6.18 Å². The van der Waals surface area contributed by atoms with Gasteiger partial charge in [0.25, 0.3) is 0 Å². The molecule has 4 rings (SSSR count). The number of pyridine rings is 1. The van der Waals surface area contributed by atoms with Gasteiger partial charge in [0.1, 0.15) is 5.69 Å². The van der Waals surface area contributed by atoms with Gasteiger partial charge in [-0.25, -0.2) is 15.0 Å². The van der Waals surface area contributed by atoms with Gasteiger partial charge in [0.15, 0.2) is 11.6 Å². The summed E-state index contributed by atoms with van der Waals surface area (Å²) in [4.78, 5) is 19.0. The zero-order chi connectivity index (χ0) is 19.7. The molecule has 0 saturated carbocycles. The lowest BCUT2D eigenvalue weighted by atomic mass is 10.1. The average Bonchev–Trinajstić information content (AvgIpc) is 3.18. The van der Waals surface area contributed by atoms with E-state index in [2.05, 4.69) is 24.9 Å². The summed E-state index contributed by atoms with van der Waals surface area (Å²) >= 11 is 5.86. The Kier molecular flexibility index (Phi) is 4.56. The van der Waals surface area contributed by atoms with Crippen molar-refractivity contribution in [1.82, 2.24) is 24.9 Å². The van der Waals surface area contributed by atoms with Gasteiger partial charge in [-0.1, -0.05) is 23.7 Å². The largest absolute Gasteiger partial charge is 0.433 e. The first kappa shape index (κ1) is 18.1. The van der Waals surface area contributed by atoms with Crippen LogP contribution in [0.15, 0.2) is 61.1 Å². The van der Waals surface area contributed by atoms with Crippen molar-refractivity contribution in [2.75, 3.05) is 0 Å². The summed E-state index contributed by atoms with van der Waals surface area (Å²) in [5, 5.41) is 0.474. The standard InChI is InChI=1S/C19H11ClF3N5/c20-13-3-1-11(2-4-13)14-9-16(19(21,22)23)28-18(26-14)17-25-10-15(27-17)12-5-7-24-8-6-12/h1-10H,(H,25,27). The number of halogens is 4. The molecule has 1 aromatic carbocycles. The van der Waals surface area contributed by atoms with Crippen molar-refractivity contribution in [3.05, 3.63) is 71.8 Å². The molecular formula is C19H11ClF3N5. The van der Waals surface area contributed by atoms with Gasteiger partial charge in [-0.15, -0.1) is 0 Å². The summed E-state index contributed by atoms with van der Waals surface area (Å²) in [5.41, 5.74) is 0.963. The number of imidazole rings is 1. The highest BCUT2D eigenvalue weighted by molar-refractivity contribution is 6.30. The topological polar surface area (TPSA) is 67.3 Å². The van der Waals surface area contributed by atoms with Crippen molar-refractivity contribution in [1.29, 1.82) is 0 Å². The van der Waals surface area contributed by atoms with Gasteiger partial charge < -0.3 is 4.98 Å². The molecule has 5 nitrogen and oxygen atoms in total. The van der Waals surface area contributed by atoms with Crippen LogP contribution in [0, 0.1) is 0 Å². The molecule has 0 atom stereocenters. The van der Waals surface area contributed by atoms with Crippen molar-refractivity contribution in [3.8, 4) is 34.2 Å². The molecule has 0 amide bonds. The number of hydrogen-bond donors (Lipinski definition) is 1. The highest BCUT2D eigenvalue weighted by Crippen LogP contribution is 2.32. The first-order valence-corrected chi connectivity index (χ1v) is 8.46. The maximum absolute atomic E-state index is 13.4. The van der Waals surface area contributed by atoms with Gasteiger partial charge in [0, 0.05) is 28.5 Å². The highest BCUT2D eigenvalue weighted by atomic mass is 35.5. The monoisotopic (exact) mass is 401 g/mol. The van der Waals surface area contributed by atoms with E-state index in [9.17, 15) is 13.2 Å². The molecule has 0 aliphatic carbocycles. The molecule has 0 radical (unpaired) electrons. The molecule has 0 bridgehead atoms. The van der Waals surface area contributed by atoms with E-state index in [0.717, 1.165) is 11.6 Å². The number of rotatable bonds is 3. The van der Waals surface area contributed by atoms with Crippen LogP contribution in [0.25, 0.3) is 34.2 Å². The minimum absolute atomic E-state index is 0.121. The fourth-order valence-electron chi connectivity index (χ4n) is 2.58. The fraction of sp³-hybridized carbons (Fsp3) is 0.0526. The molecule has 140 valence electrons. The van der Waals surface area contributed by atoms with E-state index in [-0.39, 0.29) is 17.3 Å². The summed E-state index contributed by atoms with van der Waals surface area (Å²) < 4.78 is 40.1. The van der Waals surface area contributed by atoms with Crippen molar-refractivity contribution in [3.63, 3.8) is 0 Å². The lowest BCUT2D eigenvalue weighted by Crippen LogP contribution is -2.10. The smallest absolute Gasteiger partial charge is 0.335 e. The van der Waals surface area contributed by atoms with Crippen LogP contribution in [0.4, 0.5) is 13.2 Å². The number of aromatic amines is 1. The van der Waals surface area contributed by atoms with Crippen molar-refractivity contribution in [2.24, 2.45) is 0 Å². The van der Waals surface area contributed by atoms with Crippen molar-refractivity contribution >= 4 is 11.6 Å².